The third kappa shape index (κ3) is 4.84. The lowest BCUT2D eigenvalue weighted by Crippen LogP contribution is -2.60. The molecule has 2 N–H and O–H groups in total. The predicted molar refractivity (Wildman–Crippen MR) is 109 cm³/mol. The van der Waals surface area contributed by atoms with Crippen molar-refractivity contribution in [3.63, 3.8) is 0 Å². The fourth-order valence-corrected chi connectivity index (χ4v) is 4.63. The van der Waals surface area contributed by atoms with Crippen LogP contribution < -0.4 is 5.73 Å². The van der Waals surface area contributed by atoms with Crippen LogP contribution in [0.25, 0.3) is 0 Å². The van der Waals surface area contributed by atoms with E-state index in [9.17, 15) is 0 Å². The molecule has 1 aromatic rings. The van der Waals surface area contributed by atoms with Crippen LogP contribution in [0.2, 0.25) is 0 Å². The van der Waals surface area contributed by atoms with Gasteiger partial charge in [0.15, 0.2) is 0 Å². The van der Waals surface area contributed by atoms with Crippen molar-refractivity contribution >= 4 is 0 Å². The van der Waals surface area contributed by atoms with Gasteiger partial charge >= 0.3 is 0 Å². The highest BCUT2D eigenvalue weighted by Crippen LogP contribution is 2.36. The second-order valence-corrected chi connectivity index (χ2v) is 8.39. The SMILES string of the molecule is CCC(CC)N(CC(C)C)C1(CN)CC(C)N(Cc2ccccc2)C1. The fourth-order valence-electron chi connectivity index (χ4n) is 4.63. The van der Waals surface area contributed by atoms with Crippen LogP contribution in [0.15, 0.2) is 30.3 Å². The molecular weight excluding hydrogens is 306 g/mol. The average Bonchev–Trinajstić information content (AvgIpc) is 2.92. The molecule has 1 aliphatic heterocycles. The van der Waals surface area contributed by atoms with Gasteiger partial charge in [-0.25, -0.2) is 0 Å². The van der Waals surface area contributed by atoms with E-state index in [1.807, 2.05) is 0 Å². The number of nitrogens with two attached hydrogens (primary N) is 1. The lowest BCUT2D eigenvalue weighted by molar-refractivity contribution is 0.0365. The molecule has 2 atom stereocenters. The first-order chi connectivity index (χ1) is 12.0. The van der Waals surface area contributed by atoms with Crippen LogP contribution in [-0.4, -0.2) is 47.1 Å². The Morgan fingerprint density at radius 3 is 2.36 bits per heavy atom. The molecule has 1 heterocycles. The van der Waals surface area contributed by atoms with Crippen LogP contribution in [0.3, 0.4) is 0 Å². The van der Waals surface area contributed by atoms with Crippen molar-refractivity contribution in [3.8, 4) is 0 Å². The summed E-state index contributed by atoms with van der Waals surface area (Å²) >= 11 is 0. The van der Waals surface area contributed by atoms with Gasteiger partial charge in [-0.2, -0.15) is 0 Å². The highest BCUT2D eigenvalue weighted by molar-refractivity contribution is 5.16. The molecule has 0 radical (unpaired) electrons. The normalized spacial score (nSPS) is 24.8. The van der Waals surface area contributed by atoms with Crippen LogP contribution in [0.4, 0.5) is 0 Å². The Morgan fingerprint density at radius 2 is 1.84 bits per heavy atom. The van der Waals surface area contributed by atoms with Crippen LogP contribution in [-0.2, 0) is 6.54 Å². The topological polar surface area (TPSA) is 32.5 Å². The van der Waals surface area contributed by atoms with Gasteiger partial charge in [-0.3, -0.25) is 9.80 Å². The smallest absolute Gasteiger partial charge is 0.0476 e. The zero-order chi connectivity index (χ0) is 18.4. The number of rotatable bonds is 9. The highest BCUT2D eigenvalue weighted by Gasteiger charge is 2.46. The Morgan fingerprint density at radius 1 is 1.20 bits per heavy atom. The molecule has 1 aliphatic rings. The minimum Gasteiger partial charge on any atom is -0.329 e. The molecule has 3 nitrogen and oxygen atoms in total. The standard InChI is InChI=1S/C22H39N3/c1-6-21(7-2)25(14-18(3)4)22(16-23)13-19(5)24(17-22)15-20-11-9-8-10-12-20/h8-12,18-19,21H,6-7,13-17,23H2,1-5H3. The molecule has 0 bridgehead atoms. The van der Waals surface area contributed by atoms with Crippen molar-refractivity contribution in [2.24, 2.45) is 11.7 Å². The summed E-state index contributed by atoms with van der Waals surface area (Å²) in [4.78, 5) is 5.41. The highest BCUT2D eigenvalue weighted by atomic mass is 15.3. The lowest BCUT2D eigenvalue weighted by atomic mass is 9.89. The van der Waals surface area contributed by atoms with E-state index in [1.54, 1.807) is 0 Å². The maximum Gasteiger partial charge on any atom is 0.0476 e. The van der Waals surface area contributed by atoms with Crippen molar-refractivity contribution in [2.75, 3.05) is 19.6 Å². The maximum absolute atomic E-state index is 6.44. The van der Waals surface area contributed by atoms with Gasteiger partial charge in [-0.1, -0.05) is 58.0 Å². The Labute approximate surface area is 155 Å². The predicted octanol–water partition coefficient (Wildman–Crippen LogP) is 4.12. The molecule has 2 rings (SSSR count). The van der Waals surface area contributed by atoms with Crippen molar-refractivity contribution in [1.82, 2.24) is 9.80 Å². The number of hydrogen-bond acceptors (Lipinski definition) is 3. The number of benzene rings is 1. The third-order valence-corrected chi connectivity index (χ3v) is 5.96. The van der Waals surface area contributed by atoms with Gasteiger partial charge in [-0.15, -0.1) is 0 Å². The number of hydrogen-bond donors (Lipinski definition) is 1. The molecule has 0 spiro atoms. The molecule has 2 unspecified atom stereocenters. The van der Waals surface area contributed by atoms with Gasteiger partial charge in [0.05, 0.1) is 0 Å². The molecule has 0 amide bonds. The zero-order valence-corrected chi connectivity index (χ0v) is 17.0. The van der Waals surface area contributed by atoms with Gasteiger partial charge < -0.3 is 5.73 Å². The van der Waals surface area contributed by atoms with Crippen LogP contribution in [0.1, 0.15) is 59.4 Å². The first-order valence-electron chi connectivity index (χ1n) is 10.2. The van der Waals surface area contributed by atoms with Gasteiger partial charge in [0.25, 0.3) is 0 Å². The lowest BCUT2D eigenvalue weighted by Gasteiger charge is -2.46. The first kappa shape index (κ1) is 20.4. The first-order valence-corrected chi connectivity index (χ1v) is 10.2. The Hall–Kier alpha value is -0.900. The Bertz CT molecular complexity index is 497. The average molecular weight is 346 g/mol. The van der Waals surface area contributed by atoms with Gasteiger partial charge in [0, 0.05) is 43.8 Å². The molecule has 3 heteroatoms. The molecule has 1 saturated heterocycles. The molecule has 0 aliphatic carbocycles. The molecule has 142 valence electrons. The van der Waals surface area contributed by atoms with E-state index in [2.05, 4.69) is 74.8 Å². The van der Waals surface area contributed by atoms with Crippen molar-refractivity contribution < 1.29 is 0 Å². The van der Waals surface area contributed by atoms with E-state index in [-0.39, 0.29) is 5.54 Å². The molecule has 0 aromatic heterocycles. The summed E-state index contributed by atoms with van der Waals surface area (Å²) in [6, 6.07) is 12.1. The summed E-state index contributed by atoms with van der Waals surface area (Å²) in [6.45, 7) is 15.7. The quantitative estimate of drug-likeness (QED) is 0.730. The minimum atomic E-state index is 0.120. The summed E-state index contributed by atoms with van der Waals surface area (Å²) in [5.74, 6) is 0.669. The summed E-state index contributed by atoms with van der Waals surface area (Å²) in [5.41, 5.74) is 7.97. The van der Waals surface area contributed by atoms with E-state index in [0.717, 1.165) is 26.2 Å². The van der Waals surface area contributed by atoms with E-state index in [1.165, 1.54) is 24.8 Å². The monoisotopic (exact) mass is 345 g/mol. The summed E-state index contributed by atoms with van der Waals surface area (Å²) in [5, 5.41) is 0. The molecule has 25 heavy (non-hydrogen) atoms. The van der Waals surface area contributed by atoms with Crippen LogP contribution in [0, 0.1) is 5.92 Å². The van der Waals surface area contributed by atoms with E-state index < -0.39 is 0 Å². The van der Waals surface area contributed by atoms with Gasteiger partial charge in [0.1, 0.15) is 0 Å². The third-order valence-electron chi connectivity index (χ3n) is 5.96. The van der Waals surface area contributed by atoms with E-state index in [4.69, 9.17) is 5.73 Å². The summed E-state index contributed by atoms with van der Waals surface area (Å²) in [7, 11) is 0. The molecular formula is C22H39N3. The number of nitrogens with zero attached hydrogens (tertiary/aromatic N) is 2. The van der Waals surface area contributed by atoms with Gasteiger partial charge in [0.2, 0.25) is 0 Å². The van der Waals surface area contributed by atoms with Crippen molar-refractivity contribution in [3.05, 3.63) is 35.9 Å². The molecule has 1 aromatic carbocycles. The van der Waals surface area contributed by atoms with Crippen LogP contribution >= 0.6 is 0 Å². The maximum atomic E-state index is 6.44. The van der Waals surface area contributed by atoms with Crippen LogP contribution in [0.5, 0.6) is 0 Å². The summed E-state index contributed by atoms with van der Waals surface area (Å²) in [6.07, 6.45) is 3.59. The van der Waals surface area contributed by atoms with E-state index >= 15 is 0 Å². The number of likely N-dealkylation sites (tertiary alicyclic amines) is 1. The van der Waals surface area contributed by atoms with E-state index in [0.29, 0.717) is 18.0 Å². The fraction of sp³-hybridized carbons (Fsp3) is 0.727. The Kier molecular flexibility index (Phi) is 7.48. The summed E-state index contributed by atoms with van der Waals surface area (Å²) < 4.78 is 0. The second kappa shape index (κ2) is 9.16. The second-order valence-electron chi connectivity index (χ2n) is 8.39. The van der Waals surface area contributed by atoms with Crippen molar-refractivity contribution in [2.45, 2.75) is 78.0 Å². The Balaban J connectivity index is 2.22. The van der Waals surface area contributed by atoms with Gasteiger partial charge in [-0.05, 0) is 37.7 Å². The largest absolute Gasteiger partial charge is 0.329 e. The van der Waals surface area contributed by atoms with Crippen molar-refractivity contribution in [1.29, 1.82) is 0 Å². The zero-order valence-electron chi connectivity index (χ0n) is 17.0. The molecule has 0 saturated carbocycles. The molecule has 1 fully saturated rings. The minimum absolute atomic E-state index is 0.120.